The summed E-state index contributed by atoms with van der Waals surface area (Å²) in [5.74, 6) is -0.421. The number of thiazole rings is 1. The number of unbranched alkanes of at least 4 members (excludes halogenated alkanes) is 6. The van der Waals surface area contributed by atoms with Gasteiger partial charge >= 0.3 is 23.9 Å². The summed E-state index contributed by atoms with van der Waals surface area (Å²) in [7, 11) is 0. The van der Waals surface area contributed by atoms with E-state index >= 15 is 0 Å². The number of fused-ring (bicyclic) bond motifs is 1. The van der Waals surface area contributed by atoms with Crippen LogP contribution in [0.1, 0.15) is 132 Å². The van der Waals surface area contributed by atoms with Crippen molar-refractivity contribution in [3.05, 3.63) is 90.5 Å². The Hall–Kier alpha value is -5.56. The van der Waals surface area contributed by atoms with Crippen LogP contribution in [-0.4, -0.2) is 60.9 Å². The van der Waals surface area contributed by atoms with Crippen LogP contribution in [0.2, 0.25) is 0 Å². The predicted octanol–water partition coefficient (Wildman–Crippen LogP) is 11.2. The third kappa shape index (κ3) is 14.8. The van der Waals surface area contributed by atoms with Crippen LogP contribution in [0, 0.1) is 11.8 Å². The average Bonchev–Trinajstić information content (AvgIpc) is 3.75. The van der Waals surface area contributed by atoms with E-state index in [1.165, 1.54) is 0 Å². The van der Waals surface area contributed by atoms with Crippen LogP contribution in [0.15, 0.2) is 84.5 Å². The Morgan fingerprint density at radius 2 is 1.43 bits per heavy atom. The fourth-order valence-electron chi connectivity index (χ4n) is 7.84. The number of carbonyl (C=O) groups is 4. The zero-order valence-corrected chi connectivity index (χ0v) is 37.3. The normalized spacial score (nSPS) is 16.7. The number of para-hydroxylation sites is 1. The van der Waals surface area contributed by atoms with Crippen molar-refractivity contribution >= 4 is 56.8 Å². The Balaban J connectivity index is 1.04. The van der Waals surface area contributed by atoms with Gasteiger partial charge in [0.15, 0.2) is 0 Å². The summed E-state index contributed by atoms with van der Waals surface area (Å²) >= 11 is 1.57. The SMILES string of the molecule is C=CC(=O)OCCCCCCOc1ccc(OC(=O)C2CCC(OC(=O)c3ccc(OC(=O)C4CCCCC4)cc3/C=N/N(CCCCCC)c3nc4ccccc4s3)CC2)cc1. The Kier molecular flexibility index (Phi) is 18.6. The molecule has 12 nitrogen and oxygen atoms in total. The highest BCUT2D eigenvalue weighted by atomic mass is 32.1. The van der Waals surface area contributed by atoms with Gasteiger partial charge in [-0.25, -0.2) is 19.6 Å². The van der Waals surface area contributed by atoms with E-state index in [0.717, 1.165) is 105 Å². The molecule has 13 heteroatoms. The first-order valence-corrected chi connectivity index (χ1v) is 23.6. The highest BCUT2D eigenvalue weighted by molar-refractivity contribution is 7.22. The zero-order chi connectivity index (χ0) is 44.2. The second kappa shape index (κ2) is 24.9. The van der Waals surface area contributed by atoms with E-state index in [2.05, 4.69) is 13.5 Å². The lowest BCUT2D eigenvalue weighted by molar-refractivity contribution is -0.141. The molecule has 0 N–H and O–H groups in total. The lowest BCUT2D eigenvalue weighted by Gasteiger charge is -2.27. The van der Waals surface area contributed by atoms with Gasteiger partial charge in [0.1, 0.15) is 23.4 Å². The molecule has 63 heavy (non-hydrogen) atoms. The number of hydrogen-bond acceptors (Lipinski definition) is 13. The Bertz CT molecular complexity index is 2100. The minimum atomic E-state index is -0.504. The quantitative estimate of drug-likeness (QED) is 0.0175. The van der Waals surface area contributed by atoms with Crippen LogP contribution >= 0.6 is 11.3 Å². The number of carbonyl (C=O) groups excluding carboxylic acids is 4. The number of anilines is 1. The summed E-state index contributed by atoms with van der Waals surface area (Å²) in [6.07, 6.45) is 17.1. The Morgan fingerprint density at radius 3 is 2.16 bits per heavy atom. The van der Waals surface area contributed by atoms with Gasteiger partial charge in [-0.2, -0.15) is 5.10 Å². The molecule has 4 aromatic rings. The summed E-state index contributed by atoms with van der Waals surface area (Å²) in [6, 6.07) is 20.0. The Labute approximate surface area is 375 Å². The molecule has 1 aromatic heterocycles. The van der Waals surface area contributed by atoms with Crippen molar-refractivity contribution in [3.63, 3.8) is 0 Å². The van der Waals surface area contributed by atoms with Crippen LogP contribution in [-0.2, 0) is 23.9 Å². The van der Waals surface area contributed by atoms with Gasteiger partial charge in [0, 0.05) is 18.2 Å². The first-order valence-electron chi connectivity index (χ1n) is 22.8. The summed E-state index contributed by atoms with van der Waals surface area (Å²) in [6.45, 7) is 7.16. The second-order valence-electron chi connectivity index (χ2n) is 16.3. The molecule has 2 aliphatic rings. The van der Waals surface area contributed by atoms with E-state index in [9.17, 15) is 19.2 Å². The molecule has 2 saturated carbocycles. The number of hydrazone groups is 1. The summed E-state index contributed by atoms with van der Waals surface area (Å²) in [5.41, 5.74) is 1.68. The van der Waals surface area contributed by atoms with Gasteiger partial charge in [0.05, 0.1) is 47.0 Å². The van der Waals surface area contributed by atoms with Gasteiger partial charge < -0.3 is 23.7 Å². The number of rotatable bonds is 23. The summed E-state index contributed by atoms with van der Waals surface area (Å²) in [4.78, 5) is 56.2. The van der Waals surface area contributed by atoms with E-state index < -0.39 is 11.9 Å². The van der Waals surface area contributed by atoms with E-state index in [0.29, 0.717) is 73.8 Å². The van der Waals surface area contributed by atoms with Gasteiger partial charge in [-0.05, 0) is 125 Å². The van der Waals surface area contributed by atoms with E-state index in [1.807, 2.05) is 29.3 Å². The van der Waals surface area contributed by atoms with Crippen molar-refractivity contribution < 1.29 is 42.9 Å². The van der Waals surface area contributed by atoms with Gasteiger partial charge in [-0.3, -0.25) is 9.59 Å². The third-order valence-electron chi connectivity index (χ3n) is 11.5. The summed E-state index contributed by atoms with van der Waals surface area (Å²) in [5, 5.41) is 7.54. The summed E-state index contributed by atoms with van der Waals surface area (Å²) < 4.78 is 29.6. The van der Waals surface area contributed by atoms with Crippen molar-refractivity contribution in [2.75, 3.05) is 24.8 Å². The number of ether oxygens (including phenoxy) is 5. The van der Waals surface area contributed by atoms with Crippen molar-refractivity contribution in [3.8, 4) is 17.2 Å². The zero-order valence-electron chi connectivity index (χ0n) is 36.5. The minimum Gasteiger partial charge on any atom is -0.494 e. The molecule has 2 aliphatic carbocycles. The molecule has 0 aliphatic heterocycles. The second-order valence-corrected chi connectivity index (χ2v) is 17.3. The lowest BCUT2D eigenvalue weighted by Crippen LogP contribution is -2.30. The van der Waals surface area contributed by atoms with Gasteiger partial charge in [0.25, 0.3) is 0 Å². The third-order valence-corrected chi connectivity index (χ3v) is 12.6. The van der Waals surface area contributed by atoms with Crippen molar-refractivity contribution in [1.29, 1.82) is 0 Å². The molecule has 336 valence electrons. The molecule has 0 spiro atoms. The number of benzene rings is 3. The molecule has 0 radical (unpaired) electrons. The van der Waals surface area contributed by atoms with Crippen LogP contribution in [0.5, 0.6) is 17.2 Å². The highest BCUT2D eigenvalue weighted by Gasteiger charge is 2.31. The molecule has 2 fully saturated rings. The average molecular weight is 880 g/mol. The minimum absolute atomic E-state index is 0.132. The van der Waals surface area contributed by atoms with Gasteiger partial charge in [-0.1, -0.05) is 75.5 Å². The van der Waals surface area contributed by atoms with Crippen LogP contribution in [0.3, 0.4) is 0 Å². The van der Waals surface area contributed by atoms with Crippen LogP contribution < -0.4 is 19.2 Å². The molecular weight excluding hydrogens is 819 g/mol. The van der Waals surface area contributed by atoms with Crippen molar-refractivity contribution in [2.45, 2.75) is 122 Å². The molecule has 1 heterocycles. The van der Waals surface area contributed by atoms with Crippen LogP contribution in [0.25, 0.3) is 10.2 Å². The molecule has 0 amide bonds. The molecule has 3 aromatic carbocycles. The first-order chi connectivity index (χ1) is 30.8. The van der Waals surface area contributed by atoms with Crippen LogP contribution in [0.4, 0.5) is 5.13 Å². The number of hydrogen-bond donors (Lipinski definition) is 0. The number of esters is 4. The van der Waals surface area contributed by atoms with E-state index in [-0.39, 0.29) is 29.9 Å². The standard InChI is InChI=1S/C50H61N3O9S/c1-3-5-6-14-31-53(50-52-44-19-12-13-20-45(44)63-50)51-35-38-34-42(62-47(55)36-17-10-9-11-18-36)29-30-43(38)49(57)61-40-23-21-37(22-24-40)48(56)60-41-27-25-39(26-28-41)58-32-15-7-8-16-33-59-46(54)4-2/h4,12-13,19-20,25-30,34-37,40H,2-3,5-11,14-18,21-24,31-33H2,1H3/b51-35+. The molecule has 0 bridgehead atoms. The maximum absolute atomic E-state index is 13.9. The highest BCUT2D eigenvalue weighted by Crippen LogP contribution is 2.32. The fraction of sp³-hybridized carbons (Fsp3) is 0.480. The number of aromatic nitrogens is 1. The maximum atomic E-state index is 13.9. The van der Waals surface area contributed by atoms with E-state index in [4.69, 9.17) is 33.8 Å². The molecule has 0 atom stereocenters. The number of nitrogens with zero attached hydrogens (tertiary/aromatic N) is 3. The van der Waals surface area contributed by atoms with Gasteiger partial charge in [-0.15, -0.1) is 0 Å². The lowest BCUT2D eigenvalue weighted by atomic mass is 9.87. The fourth-order valence-corrected chi connectivity index (χ4v) is 8.79. The largest absolute Gasteiger partial charge is 0.494 e. The molecule has 0 unspecified atom stereocenters. The molecular formula is C50H61N3O9S. The van der Waals surface area contributed by atoms with Crippen molar-refractivity contribution in [2.24, 2.45) is 16.9 Å². The molecule has 6 rings (SSSR count). The van der Waals surface area contributed by atoms with E-state index in [1.54, 1.807) is 60.0 Å². The topological polar surface area (TPSA) is 143 Å². The van der Waals surface area contributed by atoms with Crippen molar-refractivity contribution in [1.82, 2.24) is 4.98 Å². The maximum Gasteiger partial charge on any atom is 0.339 e. The first kappa shape index (κ1) is 46.9. The Morgan fingerprint density at radius 1 is 0.762 bits per heavy atom. The predicted molar refractivity (Wildman–Crippen MR) is 246 cm³/mol. The molecule has 0 saturated heterocycles. The smallest absolute Gasteiger partial charge is 0.339 e. The van der Waals surface area contributed by atoms with Gasteiger partial charge in [0.2, 0.25) is 5.13 Å². The monoisotopic (exact) mass is 879 g/mol.